The fraction of sp³-hybridized carbons (Fsp3) is 0.273. The van der Waals surface area contributed by atoms with Crippen molar-refractivity contribution in [2.75, 3.05) is 18.6 Å². The van der Waals surface area contributed by atoms with E-state index in [-0.39, 0.29) is 0 Å². The summed E-state index contributed by atoms with van der Waals surface area (Å²) in [6.45, 7) is 0.457. The zero-order valence-corrected chi connectivity index (χ0v) is 10.7. The minimum Gasteiger partial charge on any atom is -0.490 e. The topological polar surface area (TPSA) is 43.4 Å². The van der Waals surface area contributed by atoms with Gasteiger partial charge in [-0.1, -0.05) is 12.2 Å². The SMILES string of the molecule is CS(=O)(=O)c1ccc(OCC=CCS)cc1. The van der Waals surface area contributed by atoms with Crippen LogP contribution < -0.4 is 4.74 Å². The maximum absolute atomic E-state index is 11.2. The third kappa shape index (κ3) is 4.28. The first-order valence-corrected chi connectivity index (χ1v) is 7.25. The van der Waals surface area contributed by atoms with Crippen molar-refractivity contribution in [3.05, 3.63) is 36.4 Å². The molecule has 16 heavy (non-hydrogen) atoms. The van der Waals surface area contributed by atoms with Crippen LogP contribution in [0.4, 0.5) is 0 Å². The Morgan fingerprint density at radius 1 is 1.25 bits per heavy atom. The molecule has 88 valence electrons. The first-order valence-electron chi connectivity index (χ1n) is 4.73. The van der Waals surface area contributed by atoms with E-state index in [1.807, 2.05) is 12.2 Å². The molecule has 5 heteroatoms. The molecule has 0 aromatic heterocycles. The number of sulfone groups is 1. The minimum atomic E-state index is -3.13. The van der Waals surface area contributed by atoms with Gasteiger partial charge < -0.3 is 4.74 Å². The fourth-order valence-electron chi connectivity index (χ4n) is 1.07. The number of thiol groups is 1. The van der Waals surface area contributed by atoms with Gasteiger partial charge in [0.15, 0.2) is 9.84 Å². The Morgan fingerprint density at radius 3 is 2.38 bits per heavy atom. The van der Waals surface area contributed by atoms with Gasteiger partial charge in [-0.15, -0.1) is 0 Å². The predicted molar refractivity (Wildman–Crippen MR) is 68.0 cm³/mol. The van der Waals surface area contributed by atoms with E-state index in [0.717, 1.165) is 0 Å². The average molecular weight is 258 g/mol. The van der Waals surface area contributed by atoms with Crippen LogP contribution in [0.2, 0.25) is 0 Å². The van der Waals surface area contributed by atoms with Crippen LogP contribution in [0.3, 0.4) is 0 Å². The summed E-state index contributed by atoms with van der Waals surface area (Å²) in [6.07, 6.45) is 4.92. The van der Waals surface area contributed by atoms with Crippen LogP contribution in [0.5, 0.6) is 5.75 Å². The zero-order valence-electron chi connectivity index (χ0n) is 8.96. The Hall–Kier alpha value is -0.940. The Labute approximate surface area is 101 Å². The summed E-state index contributed by atoms with van der Waals surface area (Å²) in [7, 11) is -3.13. The van der Waals surface area contributed by atoms with E-state index in [9.17, 15) is 8.42 Å². The molecule has 0 fully saturated rings. The summed E-state index contributed by atoms with van der Waals surface area (Å²) in [4.78, 5) is 0.297. The van der Waals surface area contributed by atoms with Gasteiger partial charge in [0.05, 0.1) is 4.90 Å². The van der Waals surface area contributed by atoms with Crippen LogP contribution in [0.15, 0.2) is 41.3 Å². The van der Waals surface area contributed by atoms with Crippen molar-refractivity contribution >= 4 is 22.5 Å². The van der Waals surface area contributed by atoms with Gasteiger partial charge in [0.2, 0.25) is 0 Å². The molecule has 0 heterocycles. The third-order valence-corrected chi connectivity index (χ3v) is 3.21. The quantitative estimate of drug-likeness (QED) is 0.648. The number of rotatable bonds is 5. The fourth-order valence-corrected chi connectivity index (χ4v) is 1.85. The van der Waals surface area contributed by atoms with E-state index in [2.05, 4.69) is 12.6 Å². The summed E-state index contributed by atoms with van der Waals surface area (Å²) in [5.74, 6) is 1.33. The highest BCUT2D eigenvalue weighted by molar-refractivity contribution is 7.90. The van der Waals surface area contributed by atoms with Gasteiger partial charge in [0.25, 0.3) is 0 Å². The largest absolute Gasteiger partial charge is 0.490 e. The standard InChI is InChI=1S/C11H14O3S2/c1-16(12,13)11-6-4-10(5-7-11)14-8-2-3-9-15/h2-7,15H,8-9H2,1H3. The molecule has 0 spiro atoms. The summed E-state index contributed by atoms with van der Waals surface area (Å²) in [6, 6.07) is 6.36. The second-order valence-corrected chi connectivity index (χ2v) is 5.59. The second-order valence-electron chi connectivity index (χ2n) is 3.21. The molecule has 0 aliphatic rings. The molecular formula is C11H14O3S2. The van der Waals surface area contributed by atoms with Crippen molar-refractivity contribution in [1.29, 1.82) is 0 Å². The van der Waals surface area contributed by atoms with E-state index < -0.39 is 9.84 Å². The van der Waals surface area contributed by atoms with Gasteiger partial charge in [0, 0.05) is 12.0 Å². The lowest BCUT2D eigenvalue weighted by atomic mass is 10.3. The molecule has 0 radical (unpaired) electrons. The first kappa shape index (κ1) is 13.1. The lowest BCUT2D eigenvalue weighted by molar-refractivity contribution is 0.362. The van der Waals surface area contributed by atoms with Crippen LogP contribution in [0.1, 0.15) is 0 Å². The summed E-state index contributed by atoms with van der Waals surface area (Å²) in [5.41, 5.74) is 0. The molecule has 1 rings (SSSR count). The van der Waals surface area contributed by atoms with Crippen molar-refractivity contribution in [2.24, 2.45) is 0 Å². The highest BCUT2D eigenvalue weighted by Gasteiger charge is 2.05. The van der Waals surface area contributed by atoms with Crippen molar-refractivity contribution < 1.29 is 13.2 Å². The Kier molecular flexibility index (Phi) is 4.89. The Balaban J connectivity index is 2.62. The molecule has 0 aliphatic carbocycles. The number of ether oxygens (including phenoxy) is 1. The molecule has 3 nitrogen and oxygen atoms in total. The molecule has 1 aromatic carbocycles. The van der Waals surface area contributed by atoms with Gasteiger partial charge >= 0.3 is 0 Å². The average Bonchev–Trinajstić information content (AvgIpc) is 2.24. The van der Waals surface area contributed by atoms with Crippen LogP contribution in [0, 0.1) is 0 Å². The van der Waals surface area contributed by atoms with Gasteiger partial charge in [-0.2, -0.15) is 12.6 Å². The smallest absolute Gasteiger partial charge is 0.175 e. The molecule has 0 saturated carbocycles. The lowest BCUT2D eigenvalue weighted by Crippen LogP contribution is -1.98. The van der Waals surface area contributed by atoms with Crippen LogP contribution in [-0.2, 0) is 9.84 Å². The highest BCUT2D eigenvalue weighted by Crippen LogP contribution is 2.15. The van der Waals surface area contributed by atoms with Crippen molar-refractivity contribution in [2.45, 2.75) is 4.90 Å². The van der Waals surface area contributed by atoms with Crippen LogP contribution >= 0.6 is 12.6 Å². The summed E-state index contributed by atoms with van der Waals surface area (Å²) >= 11 is 4.02. The summed E-state index contributed by atoms with van der Waals surface area (Å²) < 4.78 is 27.7. The molecule has 0 bridgehead atoms. The zero-order chi connectivity index (χ0) is 12.0. The van der Waals surface area contributed by atoms with Gasteiger partial charge in [-0.05, 0) is 24.3 Å². The van der Waals surface area contributed by atoms with E-state index in [1.54, 1.807) is 12.1 Å². The molecule has 0 unspecified atom stereocenters. The molecule has 1 aromatic rings. The number of benzene rings is 1. The Morgan fingerprint density at radius 2 is 1.88 bits per heavy atom. The van der Waals surface area contributed by atoms with Crippen molar-refractivity contribution in [3.63, 3.8) is 0 Å². The lowest BCUT2D eigenvalue weighted by Gasteiger charge is -2.03. The first-order chi connectivity index (χ1) is 7.54. The maximum Gasteiger partial charge on any atom is 0.175 e. The minimum absolute atomic E-state index is 0.297. The Bertz CT molecular complexity index is 447. The molecule has 0 aliphatic heterocycles. The number of hydrogen-bond acceptors (Lipinski definition) is 4. The normalized spacial score (nSPS) is 11.9. The molecule has 0 saturated heterocycles. The van der Waals surface area contributed by atoms with E-state index in [1.165, 1.54) is 18.4 Å². The van der Waals surface area contributed by atoms with Gasteiger partial charge in [0.1, 0.15) is 12.4 Å². The second kappa shape index (κ2) is 5.96. The molecule has 0 amide bonds. The van der Waals surface area contributed by atoms with Crippen LogP contribution in [-0.4, -0.2) is 27.0 Å². The van der Waals surface area contributed by atoms with Crippen LogP contribution in [0.25, 0.3) is 0 Å². The third-order valence-electron chi connectivity index (χ3n) is 1.87. The maximum atomic E-state index is 11.2. The summed E-state index contributed by atoms with van der Waals surface area (Å²) in [5, 5.41) is 0. The van der Waals surface area contributed by atoms with E-state index in [4.69, 9.17) is 4.74 Å². The molecule has 0 atom stereocenters. The van der Waals surface area contributed by atoms with Gasteiger partial charge in [-0.3, -0.25) is 0 Å². The van der Waals surface area contributed by atoms with Gasteiger partial charge in [-0.25, -0.2) is 8.42 Å². The van der Waals surface area contributed by atoms with E-state index in [0.29, 0.717) is 23.0 Å². The highest BCUT2D eigenvalue weighted by atomic mass is 32.2. The molecule has 0 N–H and O–H groups in total. The van der Waals surface area contributed by atoms with Crippen molar-refractivity contribution in [3.8, 4) is 5.75 Å². The van der Waals surface area contributed by atoms with E-state index >= 15 is 0 Å². The monoisotopic (exact) mass is 258 g/mol. The predicted octanol–water partition coefficient (Wildman–Crippen LogP) is 1.95. The molecular weight excluding hydrogens is 244 g/mol. The number of hydrogen-bond donors (Lipinski definition) is 1. The van der Waals surface area contributed by atoms with Crippen molar-refractivity contribution in [1.82, 2.24) is 0 Å².